The van der Waals surface area contributed by atoms with Gasteiger partial charge < -0.3 is 5.32 Å². The maximum atomic E-state index is 12.2. The van der Waals surface area contributed by atoms with Gasteiger partial charge in [0.1, 0.15) is 0 Å². The van der Waals surface area contributed by atoms with E-state index in [4.69, 9.17) is 0 Å². The highest BCUT2D eigenvalue weighted by Crippen LogP contribution is 2.18. The van der Waals surface area contributed by atoms with Crippen LogP contribution in [0.5, 0.6) is 0 Å². The number of nitrogens with zero attached hydrogens (tertiary/aromatic N) is 1. The van der Waals surface area contributed by atoms with Crippen molar-refractivity contribution in [1.82, 2.24) is 10.2 Å². The van der Waals surface area contributed by atoms with Crippen molar-refractivity contribution in [2.75, 3.05) is 26.7 Å². The van der Waals surface area contributed by atoms with E-state index in [1.54, 1.807) is 0 Å². The normalized spacial score (nSPS) is 14.6. The third-order valence-corrected chi connectivity index (χ3v) is 2.30. The minimum absolute atomic E-state index is 0.0309. The smallest absolute Gasteiger partial charge is 0.315 e. The molecule has 15 heavy (non-hydrogen) atoms. The Morgan fingerprint density at radius 1 is 1.27 bits per heavy atom. The lowest BCUT2D eigenvalue weighted by Crippen LogP contribution is -2.44. The molecule has 1 unspecified atom stereocenters. The second-order valence-corrected chi connectivity index (χ2v) is 3.78. The predicted molar refractivity (Wildman–Crippen MR) is 55.9 cm³/mol. The average Bonchev–Trinajstić information content (AvgIpc) is 2.09. The van der Waals surface area contributed by atoms with Crippen molar-refractivity contribution >= 4 is 0 Å². The van der Waals surface area contributed by atoms with Crippen molar-refractivity contribution < 1.29 is 13.2 Å². The van der Waals surface area contributed by atoms with Gasteiger partial charge in [-0.2, -0.15) is 13.2 Å². The van der Waals surface area contributed by atoms with E-state index in [0.717, 1.165) is 19.4 Å². The van der Waals surface area contributed by atoms with E-state index < -0.39 is 12.7 Å². The summed E-state index contributed by atoms with van der Waals surface area (Å²) in [6.45, 7) is 4.52. The highest BCUT2D eigenvalue weighted by atomic mass is 19.4. The molecule has 0 spiro atoms. The Balaban J connectivity index is 4.09. The van der Waals surface area contributed by atoms with Gasteiger partial charge in [-0.05, 0) is 20.0 Å². The third-order valence-electron chi connectivity index (χ3n) is 2.30. The fourth-order valence-electron chi connectivity index (χ4n) is 1.53. The zero-order valence-corrected chi connectivity index (χ0v) is 9.69. The number of nitrogens with one attached hydrogen (secondary N) is 1. The van der Waals surface area contributed by atoms with E-state index in [1.165, 1.54) is 11.9 Å². The first-order valence-corrected chi connectivity index (χ1v) is 5.38. The molecule has 0 fully saturated rings. The third kappa shape index (κ3) is 7.62. The van der Waals surface area contributed by atoms with Gasteiger partial charge in [0.05, 0.1) is 6.54 Å². The summed E-state index contributed by atoms with van der Waals surface area (Å²) in [7, 11) is 1.53. The Bertz CT molecular complexity index is 159. The standard InChI is InChI=1S/C10H21F3N2/c1-4-6-9(7-14-5-2)15(3)8-10(11,12)13/h9,14H,4-8H2,1-3H3. The van der Waals surface area contributed by atoms with Crippen LogP contribution in [0.2, 0.25) is 0 Å². The van der Waals surface area contributed by atoms with Crippen molar-refractivity contribution in [2.45, 2.75) is 38.9 Å². The van der Waals surface area contributed by atoms with Crippen LogP contribution in [0.25, 0.3) is 0 Å². The fraction of sp³-hybridized carbons (Fsp3) is 1.00. The maximum Gasteiger partial charge on any atom is 0.401 e. The quantitative estimate of drug-likeness (QED) is 0.716. The van der Waals surface area contributed by atoms with Crippen LogP contribution in [0.15, 0.2) is 0 Å². The molecule has 0 saturated carbocycles. The molecule has 0 heterocycles. The van der Waals surface area contributed by atoms with Gasteiger partial charge in [-0.3, -0.25) is 4.90 Å². The Hall–Kier alpha value is -0.290. The number of rotatable bonds is 7. The molecule has 0 aromatic carbocycles. The van der Waals surface area contributed by atoms with Crippen LogP contribution in [0.1, 0.15) is 26.7 Å². The number of hydrogen-bond acceptors (Lipinski definition) is 2. The lowest BCUT2D eigenvalue weighted by molar-refractivity contribution is -0.147. The van der Waals surface area contributed by atoms with Crippen LogP contribution in [0.4, 0.5) is 13.2 Å². The van der Waals surface area contributed by atoms with E-state index in [9.17, 15) is 13.2 Å². The van der Waals surface area contributed by atoms with Crippen LogP contribution in [0.3, 0.4) is 0 Å². The Kier molecular flexibility index (Phi) is 6.92. The number of likely N-dealkylation sites (N-methyl/N-ethyl adjacent to an activating group) is 2. The van der Waals surface area contributed by atoms with Crippen molar-refractivity contribution in [3.8, 4) is 0 Å². The highest BCUT2D eigenvalue weighted by Gasteiger charge is 2.31. The molecule has 0 rings (SSSR count). The largest absolute Gasteiger partial charge is 0.401 e. The van der Waals surface area contributed by atoms with E-state index in [-0.39, 0.29) is 6.04 Å². The average molecular weight is 226 g/mol. The van der Waals surface area contributed by atoms with Gasteiger partial charge in [0, 0.05) is 12.6 Å². The predicted octanol–water partition coefficient (Wildman–Crippen LogP) is 2.26. The molecule has 0 aliphatic rings. The van der Waals surface area contributed by atoms with Crippen LogP contribution in [-0.2, 0) is 0 Å². The topological polar surface area (TPSA) is 15.3 Å². The molecule has 0 aromatic heterocycles. The van der Waals surface area contributed by atoms with E-state index in [0.29, 0.717) is 6.54 Å². The summed E-state index contributed by atoms with van der Waals surface area (Å²) >= 11 is 0. The van der Waals surface area contributed by atoms with Crippen molar-refractivity contribution in [3.63, 3.8) is 0 Å². The van der Waals surface area contributed by atoms with Gasteiger partial charge in [-0.15, -0.1) is 0 Å². The molecule has 0 aliphatic heterocycles. The molecule has 5 heteroatoms. The second kappa shape index (κ2) is 7.06. The Morgan fingerprint density at radius 3 is 2.27 bits per heavy atom. The first-order chi connectivity index (χ1) is 6.90. The fourth-order valence-corrected chi connectivity index (χ4v) is 1.53. The molecule has 0 radical (unpaired) electrons. The van der Waals surface area contributed by atoms with Crippen LogP contribution >= 0.6 is 0 Å². The zero-order valence-electron chi connectivity index (χ0n) is 9.69. The minimum atomic E-state index is -4.10. The van der Waals surface area contributed by atoms with Gasteiger partial charge in [-0.1, -0.05) is 20.3 Å². The van der Waals surface area contributed by atoms with Gasteiger partial charge in [-0.25, -0.2) is 0 Å². The molecular weight excluding hydrogens is 205 g/mol. The lowest BCUT2D eigenvalue weighted by Gasteiger charge is -2.28. The summed E-state index contributed by atoms with van der Waals surface area (Å²) in [5, 5.41) is 3.09. The van der Waals surface area contributed by atoms with Gasteiger partial charge >= 0.3 is 6.18 Å². The van der Waals surface area contributed by atoms with Crippen LogP contribution in [0, 0.1) is 0 Å². The Morgan fingerprint density at radius 2 is 1.87 bits per heavy atom. The van der Waals surface area contributed by atoms with E-state index in [2.05, 4.69) is 5.32 Å². The number of halogens is 3. The SMILES string of the molecule is CCCC(CNCC)N(C)CC(F)(F)F. The van der Waals surface area contributed by atoms with E-state index in [1.807, 2.05) is 13.8 Å². The summed E-state index contributed by atoms with van der Waals surface area (Å²) < 4.78 is 36.5. The van der Waals surface area contributed by atoms with Gasteiger partial charge in [0.15, 0.2) is 0 Å². The molecule has 0 bridgehead atoms. The highest BCUT2D eigenvalue weighted by molar-refractivity contribution is 4.73. The van der Waals surface area contributed by atoms with Crippen LogP contribution < -0.4 is 5.32 Å². The minimum Gasteiger partial charge on any atom is -0.315 e. The summed E-state index contributed by atoms with van der Waals surface area (Å²) in [4.78, 5) is 1.38. The zero-order chi connectivity index (χ0) is 11.9. The molecule has 0 aromatic rings. The van der Waals surface area contributed by atoms with Crippen LogP contribution in [-0.4, -0.2) is 43.8 Å². The van der Waals surface area contributed by atoms with Gasteiger partial charge in [0.25, 0.3) is 0 Å². The second-order valence-electron chi connectivity index (χ2n) is 3.78. The Labute approximate surface area is 89.8 Å². The van der Waals surface area contributed by atoms with Crippen molar-refractivity contribution in [2.24, 2.45) is 0 Å². The molecule has 0 amide bonds. The number of alkyl halides is 3. The maximum absolute atomic E-state index is 12.2. The van der Waals surface area contributed by atoms with Gasteiger partial charge in [0.2, 0.25) is 0 Å². The molecule has 2 nitrogen and oxygen atoms in total. The van der Waals surface area contributed by atoms with Crippen molar-refractivity contribution in [3.05, 3.63) is 0 Å². The molecule has 1 N–H and O–H groups in total. The summed E-state index contributed by atoms with van der Waals surface area (Å²) in [5.41, 5.74) is 0. The van der Waals surface area contributed by atoms with Crippen molar-refractivity contribution in [1.29, 1.82) is 0 Å². The van der Waals surface area contributed by atoms with E-state index >= 15 is 0 Å². The summed E-state index contributed by atoms with van der Waals surface area (Å²) in [6, 6.07) is -0.0309. The number of hydrogen-bond donors (Lipinski definition) is 1. The molecule has 0 aliphatic carbocycles. The molecule has 0 saturated heterocycles. The molecule has 92 valence electrons. The molecular formula is C10H21F3N2. The lowest BCUT2D eigenvalue weighted by atomic mass is 10.1. The monoisotopic (exact) mass is 226 g/mol. The first-order valence-electron chi connectivity index (χ1n) is 5.38. The summed E-state index contributed by atoms with van der Waals surface area (Å²) in [6.07, 6.45) is -2.41. The summed E-state index contributed by atoms with van der Waals surface area (Å²) in [5.74, 6) is 0. The molecule has 1 atom stereocenters. The first kappa shape index (κ1) is 14.7.